The second-order valence-corrected chi connectivity index (χ2v) is 13.7. The number of nitrogen functional groups attached to an aromatic ring is 1. The molecule has 4 rings (SSSR count). The van der Waals surface area contributed by atoms with Gasteiger partial charge in [0.1, 0.15) is 17.2 Å². The van der Waals surface area contributed by atoms with Gasteiger partial charge in [0.15, 0.2) is 5.82 Å². The monoisotopic (exact) mass is 655 g/mol. The van der Waals surface area contributed by atoms with Gasteiger partial charge in [-0.2, -0.15) is 4.90 Å². The number of pyridine rings is 1. The maximum absolute atomic E-state index is 13.7. The Bertz CT molecular complexity index is 1730. The number of aromatic nitrogens is 1. The number of nitrogens with one attached hydrogen (secondary N) is 2. The molecule has 48 heavy (non-hydrogen) atoms. The minimum Gasteiger partial charge on any atom is -0.443 e. The van der Waals surface area contributed by atoms with Gasteiger partial charge in [-0.25, -0.2) is 14.6 Å². The van der Waals surface area contributed by atoms with Crippen molar-refractivity contribution in [1.82, 2.24) is 10.3 Å². The largest absolute Gasteiger partial charge is 0.443 e. The van der Waals surface area contributed by atoms with Gasteiger partial charge in [-0.3, -0.25) is 4.79 Å². The summed E-state index contributed by atoms with van der Waals surface area (Å²) in [6.07, 6.45) is -0.357. The van der Waals surface area contributed by atoms with E-state index in [0.717, 1.165) is 16.0 Å². The van der Waals surface area contributed by atoms with Crippen LogP contribution >= 0.6 is 0 Å². The number of aliphatic hydroxyl groups is 1. The molecule has 0 aliphatic heterocycles. The van der Waals surface area contributed by atoms with E-state index < -0.39 is 29.4 Å². The second-order valence-electron chi connectivity index (χ2n) is 13.7. The van der Waals surface area contributed by atoms with Crippen molar-refractivity contribution in [2.45, 2.75) is 78.2 Å². The van der Waals surface area contributed by atoms with Gasteiger partial charge in [-0.15, -0.1) is 0 Å². The number of anilines is 3. The summed E-state index contributed by atoms with van der Waals surface area (Å²) in [5, 5.41) is 17.1. The van der Waals surface area contributed by atoms with Gasteiger partial charge in [0.25, 0.3) is 0 Å². The Balaban J connectivity index is 1.69. The molecule has 0 bridgehead atoms. The zero-order chi connectivity index (χ0) is 35.2. The van der Waals surface area contributed by atoms with E-state index in [-0.39, 0.29) is 30.8 Å². The smallest absolute Gasteiger partial charge is 0.425 e. The lowest BCUT2D eigenvalue weighted by Crippen LogP contribution is -2.44. The number of nitrogens with zero attached hydrogens (tertiary/aromatic N) is 2. The molecule has 0 radical (unpaired) electrons. The molecular weight excluding hydrogens is 610 g/mol. The molecule has 0 aliphatic carbocycles. The van der Waals surface area contributed by atoms with Crippen LogP contribution in [0.2, 0.25) is 0 Å². The molecule has 2 atom stereocenters. The number of carbonyl (C=O) groups is 3. The topological polar surface area (TPSA) is 156 Å². The van der Waals surface area contributed by atoms with Gasteiger partial charge in [0.2, 0.25) is 5.91 Å². The Hall–Kier alpha value is -5.16. The molecule has 3 aromatic carbocycles. The summed E-state index contributed by atoms with van der Waals surface area (Å²) in [7, 11) is 0. The number of aliphatic hydroxyl groups excluding tert-OH is 1. The van der Waals surface area contributed by atoms with Crippen LogP contribution in [-0.2, 0) is 20.8 Å². The molecule has 0 fully saturated rings. The molecule has 11 heteroatoms. The van der Waals surface area contributed by atoms with E-state index in [1.54, 1.807) is 71.9 Å². The fourth-order valence-corrected chi connectivity index (χ4v) is 4.88. The Morgan fingerprint density at radius 1 is 0.875 bits per heavy atom. The summed E-state index contributed by atoms with van der Waals surface area (Å²) in [6, 6.07) is 21.1. The highest BCUT2D eigenvalue weighted by Crippen LogP contribution is 2.31. The van der Waals surface area contributed by atoms with Crippen LogP contribution in [0.5, 0.6) is 0 Å². The van der Waals surface area contributed by atoms with E-state index in [1.165, 1.54) is 6.20 Å². The highest BCUT2D eigenvalue weighted by atomic mass is 16.6. The van der Waals surface area contributed by atoms with Crippen molar-refractivity contribution in [3.8, 4) is 0 Å². The lowest BCUT2D eigenvalue weighted by Gasteiger charge is -2.28. The molecule has 1 unspecified atom stereocenters. The third kappa shape index (κ3) is 9.45. The van der Waals surface area contributed by atoms with Crippen molar-refractivity contribution < 1.29 is 29.0 Å². The van der Waals surface area contributed by atoms with Gasteiger partial charge >= 0.3 is 12.2 Å². The second kappa shape index (κ2) is 14.7. The first kappa shape index (κ1) is 35.7. The highest BCUT2D eigenvalue weighted by molar-refractivity contribution is 6.14. The zero-order valence-corrected chi connectivity index (χ0v) is 28.5. The van der Waals surface area contributed by atoms with E-state index in [0.29, 0.717) is 27.7 Å². The predicted molar refractivity (Wildman–Crippen MR) is 188 cm³/mol. The van der Waals surface area contributed by atoms with E-state index in [2.05, 4.69) is 15.6 Å². The van der Waals surface area contributed by atoms with Gasteiger partial charge in [0.05, 0.1) is 0 Å². The van der Waals surface area contributed by atoms with Crippen LogP contribution in [0.1, 0.15) is 77.1 Å². The number of amides is 3. The van der Waals surface area contributed by atoms with Crippen molar-refractivity contribution in [2.24, 2.45) is 0 Å². The van der Waals surface area contributed by atoms with Crippen LogP contribution in [0.3, 0.4) is 0 Å². The van der Waals surface area contributed by atoms with Crippen molar-refractivity contribution in [1.29, 1.82) is 0 Å². The number of rotatable bonds is 9. The molecule has 4 aromatic rings. The summed E-state index contributed by atoms with van der Waals surface area (Å²) in [4.78, 5) is 45.5. The van der Waals surface area contributed by atoms with E-state index in [1.807, 2.05) is 49.4 Å². The molecule has 11 nitrogen and oxygen atoms in total. The molecule has 0 saturated carbocycles. The standard InChI is InChI=1S/C37H45N5O6/c1-23(22-43)25-11-13-26(14-12-25)31(33(44)40-21-24-9-8-10-28(38)19-24)41-29-15-16-30-27(20-29)17-18-39-32(30)42(34(45)47-36(2,3)4)35(46)48-37(5,6)7/h8-20,23,31,41,43H,21-22,38H2,1-7H3,(H,40,44)/t23-,31?/m0/s1. The van der Waals surface area contributed by atoms with Crippen molar-refractivity contribution >= 4 is 46.1 Å². The molecule has 5 N–H and O–H groups in total. The van der Waals surface area contributed by atoms with Gasteiger partial charge in [0, 0.05) is 42.0 Å². The Kier molecular flexibility index (Phi) is 10.9. The summed E-state index contributed by atoms with van der Waals surface area (Å²) in [6.45, 7) is 12.4. The molecule has 0 aliphatic rings. The van der Waals surface area contributed by atoms with Crippen LogP contribution in [0.15, 0.2) is 79.0 Å². The maximum atomic E-state index is 13.7. The van der Waals surface area contributed by atoms with Crippen molar-refractivity contribution in [2.75, 3.05) is 22.6 Å². The molecule has 1 aromatic heterocycles. The van der Waals surface area contributed by atoms with Crippen LogP contribution in [0.25, 0.3) is 10.8 Å². The predicted octanol–water partition coefficient (Wildman–Crippen LogP) is 7.06. The average molecular weight is 656 g/mol. The normalized spacial score (nSPS) is 12.9. The quantitative estimate of drug-likeness (QED) is 0.139. The van der Waals surface area contributed by atoms with Crippen LogP contribution < -0.4 is 21.3 Å². The Labute approximate surface area is 281 Å². The van der Waals surface area contributed by atoms with E-state index >= 15 is 0 Å². The molecule has 3 amide bonds. The summed E-state index contributed by atoms with van der Waals surface area (Å²) >= 11 is 0. The molecular formula is C37H45N5O6. The van der Waals surface area contributed by atoms with Crippen LogP contribution in [-0.4, -0.2) is 46.0 Å². The van der Waals surface area contributed by atoms with E-state index in [4.69, 9.17) is 15.2 Å². The van der Waals surface area contributed by atoms with Crippen LogP contribution in [0, 0.1) is 0 Å². The third-order valence-corrected chi connectivity index (χ3v) is 7.21. The minimum absolute atomic E-state index is 0.00887. The van der Waals surface area contributed by atoms with Crippen molar-refractivity contribution in [3.05, 3.63) is 95.7 Å². The number of hydrogen-bond acceptors (Lipinski definition) is 9. The average Bonchev–Trinajstić information content (AvgIpc) is 3.00. The number of carbonyl (C=O) groups excluding carboxylic acids is 3. The molecule has 1 heterocycles. The molecule has 0 saturated heterocycles. The third-order valence-electron chi connectivity index (χ3n) is 7.21. The number of nitrogens with two attached hydrogens (primary N) is 1. The first-order valence-corrected chi connectivity index (χ1v) is 15.8. The van der Waals surface area contributed by atoms with E-state index in [9.17, 15) is 19.5 Å². The number of hydrogen-bond donors (Lipinski definition) is 4. The fourth-order valence-electron chi connectivity index (χ4n) is 4.88. The Morgan fingerprint density at radius 3 is 2.08 bits per heavy atom. The number of imide groups is 1. The number of fused-ring (bicyclic) bond motifs is 1. The van der Waals surface area contributed by atoms with Gasteiger partial charge in [-0.1, -0.05) is 43.3 Å². The molecule has 254 valence electrons. The first-order valence-electron chi connectivity index (χ1n) is 15.8. The fraction of sp³-hybridized carbons (Fsp3) is 0.351. The van der Waals surface area contributed by atoms with Gasteiger partial charge < -0.3 is 30.9 Å². The van der Waals surface area contributed by atoms with Gasteiger partial charge in [-0.05, 0) is 100 Å². The zero-order valence-electron chi connectivity index (χ0n) is 28.5. The lowest BCUT2D eigenvalue weighted by molar-refractivity contribution is -0.122. The Morgan fingerprint density at radius 2 is 1.50 bits per heavy atom. The van der Waals surface area contributed by atoms with Crippen molar-refractivity contribution in [3.63, 3.8) is 0 Å². The minimum atomic E-state index is -0.921. The van der Waals surface area contributed by atoms with Crippen LogP contribution in [0.4, 0.5) is 26.8 Å². The summed E-state index contributed by atoms with van der Waals surface area (Å²) in [5.74, 6) is -0.267. The number of ether oxygens (including phenoxy) is 2. The molecule has 0 spiro atoms. The number of benzene rings is 3. The highest BCUT2D eigenvalue weighted by Gasteiger charge is 2.34. The summed E-state index contributed by atoms with van der Waals surface area (Å²) < 4.78 is 11.1. The maximum Gasteiger partial charge on any atom is 0.425 e. The first-order chi connectivity index (χ1) is 22.5. The lowest BCUT2D eigenvalue weighted by atomic mass is 9.97. The SMILES string of the molecule is C[C@@H](CO)c1ccc(C(Nc2ccc3c(N(C(=O)OC(C)(C)C)C(=O)OC(C)(C)C)nccc3c2)C(=O)NCc2cccc(N)c2)cc1. The summed E-state index contributed by atoms with van der Waals surface area (Å²) in [5.41, 5.74) is 7.91.